The van der Waals surface area contributed by atoms with Crippen molar-refractivity contribution in [2.24, 2.45) is 0 Å². The Hall–Kier alpha value is -0.150. The Kier molecular flexibility index (Phi) is 3.04. The zero-order valence-corrected chi connectivity index (χ0v) is 10.5. The van der Waals surface area contributed by atoms with E-state index in [0.29, 0.717) is 17.5 Å². The lowest BCUT2D eigenvalue weighted by Gasteiger charge is -2.27. The van der Waals surface area contributed by atoms with Crippen molar-refractivity contribution in [3.05, 3.63) is 33.3 Å². The van der Waals surface area contributed by atoms with Gasteiger partial charge in [-0.2, -0.15) is 0 Å². The van der Waals surface area contributed by atoms with Crippen LogP contribution in [-0.2, 0) is 0 Å². The summed E-state index contributed by atoms with van der Waals surface area (Å²) in [7, 11) is 0. The fourth-order valence-corrected chi connectivity index (χ4v) is 2.87. The van der Waals surface area contributed by atoms with Gasteiger partial charge in [0, 0.05) is 5.56 Å². The zero-order chi connectivity index (χ0) is 11.2. The molecule has 0 heterocycles. The summed E-state index contributed by atoms with van der Waals surface area (Å²) in [6, 6.07) is 1.18. The van der Waals surface area contributed by atoms with Crippen LogP contribution in [0.25, 0.3) is 0 Å². The fourth-order valence-electron chi connectivity index (χ4n) is 2.12. The maximum atomic E-state index is 13.8. The van der Waals surface area contributed by atoms with Crippen molar-refractivity contribution < 1.29 is 8.78 Å². The highest BCUT2D eigenvalue weighted by Crippen LogP contribution is 2.44. The number of hydrogen-bond donors (Lipinski definition) is 0. The average molecular weight is 296 g/mol. The van der Waals surface area contributed by atoms with E-state index in [4.69, 9.17) is 11.6 Å². The number of fused-ring (bicyclic) bond motifs is 1. The number of benzene rings is 1. The standard InChI is InChI=1S/C11H10BrClF2/c1-5-2-3-7(13)10-9(5)8(14)4-6(12)11(10)15/h4-5,7H,2-3H2,1H3. The lowest BCUT2D eigenvalue weighted by atomic mass is 9.83. The first-order chi connectivity index (χ1) is 7.02. The fraction of sp³-hybridized carbons (Fsp3) is 0.455. The summed E-state index contributed by atoms with van der Waals surface area (Å²) >= 11 is 9.03. The molecule has 0 fully saturated rings. The van der Waals surface area contributed by atoms with Crippen molar-refractivity contribution in [3.8, 4) is 0 Å². The van der Waals surface area contributed by atoms with E-state index in [1.165, 1.54) is 6.07 Å². The van der Waals surface area contributed by atoms with Crippen molar-refractivity contribution in [3.63, 3.8) is 0 Å². The van der Waals surface area contributed by atoms with Crippen LogP contribution < -0.4 is 0 Å². The predicted molar refractivity (Wildman–Crippen MR) is 60.3 cm³/mol. The summed E-state index contributed by atoms with van der Waals surface area (Å²) < 4.78 is 27.6. The second kappa shape index (κ2) is 4.02. The number of alkyl halides is 1. The van der Waals surface area contributed by atoms with Gasteiger partial charge in [-0.3, -0.25) is 0 Å². The van der Waals surface area contributed by atoms with E-state index in [1.54, 1.807) is 0 Å². The van der Waals surface area contributed by atoms with Crippen molar-refractivity contribution in [1.82, 2.24) is 0 Å². The Balaban J connectivity index is 2.71. The van der Waals surface area contributed by atoms with Crippen molar-refractivity contribution in [2.75, 3.05) is 0 Å². The highest BCUT2D eigenvalue weighted by atomic mass is 79.9. The summed E-state index contributed by atoms with van der Waals surface area (Å²) in [6.07, 6.45) is 1.50. The average Bonchev–Trinajstić information content (AvgIpc) is 2.18. The quantitative estimate of drug-likeness (QED) is 0.471. The molecule has 4 heteroatoms. The van der Waals surface area contributed by atoms with Crippen LogP contribution in [0.1, 0.15) is 42.2 Å². The highest BCUT2D eigenvalue weighted by molar-refractivity contribution is 9.10. The first-order valence-corrected chi connectivity index (χ1v) is 6.06. The molecule has 1 aromatic carbocycles. The van der Waals surface area contributed by atoms with E-state index in [0.717, 1.165) is 6.42 Å². The van der Waals surface area contributed by atoms with E-state index >= 15 is 0 Å². The van der Waals surface area contributed by atoms with Crippen LogP contribution in [0.2, 0.25) is 0 Å². The Morgan fingerprint density at radius 3 is 2.67 bits per heavy atom. The molecule has 1 aromatic rings. The smallest absolute Gasteiger partial charge is 0.142 e. The van der Waals surface area contributed by atoms with Crippen molar-refractivity contribution in [2.45, 2.75) is 31.1 Å². The normalized spacial score (nSPS) is 25.1. The van der Waals surface area contributed by atoms with Crippen LogP contribution in [0.5, 0.6) is 0 Å². The second-order valence-corrected chi connectivity index (χ2v) is 5.31. The van der Waals surface area contributed by atoms with Gasteiger partial charge in [-0.15, -0.1) is 11.6 Å². The molecule has 0 N–H and O–H groups in total. The first-order valence-electron chi connectivity index (χ1n) is 4.83. The van der Waals surface area contributed by atoms with Crippen molar-refractivity contribution >= 4 is 27.5 Å². The van der Waals surface area contributed by atoms with E-state index in [2.05, 4.69) is 15.9 Å². The topological polar surface area (TPSA) is 0 Å². The second-order valence-electron chi connectivity index (χ2n) is 3.93. The Labute approximate surface area is 101 Å². The molecule has 82 valence electrons. The van der Waals surface area contributed by atoms with Gasteiger partial charge in [0.2, 0.25) is 0 Å². The van der Waals surface area contributed by atoms with Crippen LogP contribution in [0, 0.1) is 11.6 Å². The molecule has 2 unspecified atom stereocenters. The molecule has 0 aliphatic heterocycles. The molecular formula is C11H10BrClF2. The molecule has 0 saturated carbocycles. The minimum absolute atomic E-state index is 0.0394. The maximum Gasteiger partial charge on any atom is 0.142 e. The minimum atomic E-state index is -0.419. The van der Waals surface area contributed by atoms with Gasteiger partial charge in [-0.25, -0.2) is 8.78 Å². The largest absolute Gasteiger partial charge is 0.207 e. The molecule has 0 radical (unpaired) electrons. The molecule has 0 amide bonds. The van der Waals surface area contributed by atoms with Gasteiger partial charge in [-0.05, 0) is 46.3 Å². The molecule has 0 bridgehead atoms. The third-order valence-corrected chi connectivity index (χ3v) is 3.92. The molecule has 0 aromatic heterocycles. The number of halogens is 4. The van der Waals surface area contributed by atoms with Gasteiger partial charge in [-0.1, -0.05) is 6.92 Å². The molecule has 1 aliphatic rings. The molecular weight excluding hydrogens is 285 g/mol. The zero-order valence-electron chi connectivity index (χ0n) is 8.16. The van der Waals surface area contributed by atoms with Crippen LogP contribution in [-0.4, -0.2) is 0 Å². The predicted octanol–water partition coefficient (Wildman–Crippen LogP) is 4.90. The Morgan fingerprint density at radius 2 is 2.00 bits per heavy atom. The molecule has 1 aliphatic carbocycles. The third kappa shape index (κ3) is 1.80. The van der Waals surface area contributed by atoms with Crippen molar-refractivity contribution in [1.29, 1.82) is 0 Å². The molecule has 2 rings (SSSR count). The molecule has 0 saturated heterocycles. The van der Waals surface area contributed by atoms with Gasteiger partial charge in [0.25, 0.3) is 0 Å². The van der Waals surface area contributed by atoms with Crippen LogP contribution in [0.4, 0.5) is 8.78 Å². The van der Waals surface area contributed by atoms with Gasteiger partial charge < -0.3 is 0 Å². The molecule has 0 nitrogen and oxygen atoms in total. The SMILES string of the molecule is CC1CCC(Cl)c2c(F)c(Br)cc(F)c21. The summed E-state index contributed by atoms with van der Waals surface area (Å²) in [5.74, 6) is -0.744. The summed E-state index contributed by atoms with van der Waals surface area (Å²) in [5, 5.41) is -0.414. The van der Waals surface area contributed by atoms with Gasteiger partial charge in [0.15, 0.2) is 0 Å². The third-order valence-electron chi connectivity index (χ3n) is 2.91. The van der Waals surface area contributed by atoms with E-state index in [-0.39, 0.29) is 16.2 Å². The summed E-state index contributed by atoms with van der Waals surface area (Å²) in [5.41, 5.74) is 0.782. The lowest BCUT2D eigenvalue weighted by molar-refractivity contribution is 0.493. The monoisotopic (exact) mass is 294 g/mol. The highest BCUT2D eigenvalue weighted by Gasteiger charge is 2.30. The number of rotatable bonds is 0. The van der Waals surface area contributed by atoms with Gasteiger partial charge in [0.05, 0.1) is 9.85 Å². The maximum absolute atomic E-state index is 13.8. The lowest BCUT2D eigenvalue weighted by Crippen LogP contribution is -2.14. The van der Waals surface area contributed by atoms with E-state index < -0.39 is 11.2 Å². The Morgan fingerprint density at radius 1 is 1.33 bits per heavy atom. The van der Waals surface area contributed by atoms with Crippen LogP contribution in [0.15, 0.2) is 10.5 Å². The van der Waals surface area contributed by atoms with E-state index in [9.17, 15) is 8.78 Å². The minimum Gasteiger partial charge on any atom is -0.207 e. The van der Waals surface area contributed by atoms with Crippen LogP contribution in [0.3, 0.4) is 0 Å². The number of hydrogen-bond acceptors (Lipinski definition) is 0. The molecule has 0 spiro atoms. The van der Waals surface area contributed by atoms with Crippen LogP contribution >= 0.6 is 27.5 Å². The van der Waals surface area contributed by atoms with E-state index in [1.807, 2.05) is 6.92 Å². The molecule has 2 atom stereocenters. The first kappa shape index (κ1) is 11.3. The summed E-state index contributed by atoms with van der Waals surface area (Å²) in [6.45, 7) is 1.90. The molecule has 15 heavy (non-hydrogen) atoms. The summed E-state index contributed by atoms with van der Waals surface area (Å²) in [4.78, 5) is 0. The van der Waals surface area contributed by atoms with Gasteiger partial charge >= 0.3 is 0 Å². The van der Waals surface area contributed by atoms with Gasteiger partial charge in [0.1, 0.15) is 11.6 Å². The Bertz CT molecular complexity index is 406.